The maximum atomic E-state index is 12.2. The van der Waals surface area contributed by atoms with Gasteiger partial charge in [-0.2, -0.15) is 0 Å². The average Bonchev–Trinajstić information content (AvgIpc) is 2.98. The van der Waals surface area contributed by atoms with Crippen LogP contribution >= 0.6 is 23.0 Å². The number of likely N-dealkylation sites (tertiary alicyclic amines) is 1. The van der Waals surface area contributed by atoms with E-state index in [4.69, 9.17) is 12.5 Å². The summed E-state index contributed by atoms with van der Waals surface area (Å²) in [6, 6.07) is 8.74. The topological polar surface area (TPSA) is 65.1 Å². The molecule has 0 aromatic heterocycles. The van der Waals surface area contributed by atoms with Gasteiger partial charge in [0.1, 0.15) is 35.7 Å². The van der Waals surface area contributed by atoms with Gasteiger partial charge >= 0.3 is 12.1 Å². The summed E-state index contributed by atoms with van der Waals surface area (Å²) in [5.74, 6) is -0.421. The van der Waals surface area contributed by atoms with Crippen LogP contribution in [0.25, 0.3) is 0 Å². The van der Waals surface area contributed by atoms with E-state index in [9.17, 15) is 9.59 Å². The number of halogens is 1. The van der Waals surface area contributed by atoms with Gasteiger partial charge in [-0.05, 0) is 12.5 Å². The average molecular weight is 419 g/mol. The zero-order valence-corrected chi connectivity index (χ0v) is 14.4. The molecule has 0 spiro atoms. The van der Waals surface area contributed by atoms with Gasteiger partial charge in [0, 0.05) is 6.42 Å². The molecule has 2 rings (SSSR count). The first-order valence-corrected chi connectivity index (χ1v) is 7.95. The van der Waals surface area contributed by atoms with Gasteiger partial charge in [-0.1, -0.05) is 30.3 Å². The minimum Gasteiger partial charge on any atom is -0.464 e. The third-order valence-electron chi connectivity index (χ3n) is 3.39. The van der Waals surface area contributed by atoms with E-state index in [-0.39, 0.29) is 19.3 Å². The van der Waals surface area contributed by atoms with Gasteiger partial charge in [-0.25, -0.2) is 9.59 Å². The summed E-state index contributed by atoms with van der Waals surface area (Å²) in [4.78, 5) is 25.6. The van der Waals surface area contributed by atoms with Gasteiger partial charge in [0.25, 0.3) is 0 Å². The summed E-state index contributed by atoms with van der Waals surface area (Å²) in [6.07, 6.45) is -0.306. The number of hydrogen-bond acceptors (Lipinski definition) is 5. The molecular formula is C15H18INO5. The van der Waals surface area contributed by atoms with Gasteiger partial charge in [-0.15, -0.1) is 0 Å². The molecule has 6 nitrogen and oxygen atoms in total. The summed E-state index contributed by atoms with van der Waals surface area (Å²) in [6.45, 7) is 2.50. The van der Waals surface area contributed by atoms with Crippen LogP contribution in [-0.4, -0.2) is 42.3 Å². The Labute approximate surface area is 143 Å². The van der Waals surface area contributed by atoms with Crippen molar-refractivity contribution < 1.29 is 22.1 Å². The number of hydrogen-bond donors (Lipinski definition) is 0. The molecule has 0 saturated carbocycles. The van der Waals surface area contributed by atoms with Crippen LogP contribution in [0, 0.1) is 0 Å². The molecule has 1 aromatic rings. The molecule has 0 aliphatic carbocycles. The summed E-state index contributed by atoms with van der Waals surface area (Å²) in [5, 5.41) is 0. The van der Waals surface area contributed by atoms with Crippen molar-refractivity contribution in [1.29, 1.82) is 0 Å². The largest absolute Gasteiger partial charge is 0.464 e. The first-order chi connectivity index (χ1) is 10.7. The molecule has 0 radical (unpaired) electrons. The molecule has 0 unspecified atom stereocenters. The normalized spacial score (nSPS) is 20.7. The Morgan fingerprint density at radius 1 is 1.27 bits per heavy atom. The SMILES string of the molecule is CCOC(=O)[C@@H]1C[C@@H](OI)CN1C(=O)OCc1ccccc1. The van der Waals surface area contributed by atoms with Crippen molar-refractivity contribution in [1.82, 2.24) is 4.90 Å². The van der Waals surface area contributed by atoms with Crippen LogP contribution < -0.4 is 0 Å². The maximum Gasteiger partial charge on any atom is 0.410 e. The highest BCUT2D eigenvalue weighted by molar-refractivity contribution is 14.1. The van der Waals surface area contributed by atoms with E-state index in [0.29, 0.717) is 13.0 Å². The first kappa shape index (κ1) is 17.0. The summed E-state index contributed by atoms with van der Waals surface area (Å²) in [5.41, 5.74) is 0.893. The molecule has 1 aromatic carbocycles. The van der Waals surface area contributed by atoms with E-state index in [1.54, 1.807) is 29.9 Å². The van der Waals surface area contributed by atoms with Crippen molar-refractivity contribution in [3.63, 3.8) is 0 Å². The van der Waals surface area contributed by atoms with E-state index < -0.39 is 18.1 Å². The fourth-order valence-electron chi connectivity index (χ4n) is 2.33. The number of amides is 1. The minimum atomic E-state index is -0.650. The fraction of sp³-hybridized carbons (Fsp3) is 0.467. The molecule has 1 heterocycles. The standard InChI is InChI=1S/C15H18INO5/c1-2-20-14(18)13-8-12(22-16)9-17(13)15(19)21-10-11-6-4-3-5-7-11/h3-7,12-13H,2,8-10H2,1H3/t12-,13+/m1/s1. The Kier molecular flexibility index (Phi) is 6.44. The molecule has 0 bridgehead atoms. The molecule has 0 N–H and O–H groups in total. The van der Waals surface area contributed by atoms with Gasteiger partial charge in [-0.3, -0.25) is 4.90 Å². The third-order valence-corrected chi connectivity index (χ3v) is 4.11. The van der Waals surface area contributed by atoms with Crippen LogP contribution in [0.2, 0.25) is 0 Å². The summed E-state index contributed by atoms with van der Waals surface area (Å²) >= 11 is 1.78. The van der Waals surface area contributed by atoms with Gasteiger partial charge in [0.2, 0.25) is 0 Å². The van der Waals surface area contributed by atoms with Gasteiger partial charge < -0.3 is 12.5 Å². The monoisotopic (exact) mass is 419 g/mol. The second-order valence-corrected chi connectivity index (χ2v) is 5.42. The van der Waals surface area contributed by atoms with Crippen LogP contribution in [0.15, 0.2) is 30.3 Å². The van der Waals surface area contributed by atoms with Crippen molar-refractivity contribution in [2.24, 2.45) is 0 Å². The molecule has 22 heavy (non-hydrogen) atoms. The highest BCUT2D eigenvalue weighted by Crippen LogP contribution is 2.24. The van der Waals surface area contributed by atoms with E-state index in [1.807, 2.05) is 30.3 Å². The molecule has 7 heteroatoms. The second-order valence-electron chi connectivity index (χ2n) is 4.91. The highest BCUT2D eigenvalue weighted by Gasteiger charge is 2.41. The zero-order chi connectivity index (χ0) is 15.9. The molecule has 2 atom stereocenters. The summed E-state index contributed by atoms with van der Waals surface area (Å²) < 4.78 is 15.5. The quantitative estimate of drug-likeness (QED) is 0.543. The number of carbonyl (C=O) groups excluding carboxylic acids is 2. The Morgan fingerprint density at radius 3 is 2.64 bits per heavy atom. The van der Waals surface area contributed by atoms with Crippen molar-refractivity contribution in [2.75, 3.05) is 13.2 Å². The Bertz CT molecular complexity index is 510. The van der Waals surface area contributed by atoms with Gasteiger partial charge in [0.15, 0.2) is 0 Å². The molecule has 1 aliphatic heterocycles. The van der Waals surface area contributed by atoms with Gasteiger partial charge in [0.05, 0.1) is 19.3 Å². The molecule has 120 valence electrons. The highest BCUT2D eigenvalue weighted by atomic mass is 127. The zero-order valence-electron chi connectivity index (χ0n) is 12.2. The van der Waals surface area contributed by atoms with Crippen molar-refractivity contribution in [3.05, 3.63) is 35.9 Å². The van der Waals surface area contributed by atoms with E-state index >= 15 is 0 Å². The number of ether oxygens (including phenoxy) is 2. The molecular weight excluding hydrogens is 401 g/mol. The smallest absolute Gasteiger partial charge is 0.410 e. The van der Waals surface area contributed by atoms with E-state index in [0.717, 1.165) is 5.56 Å². The molecule has 1 saturated heterocycles. The molecule has 1 aliphatic rings. The number of carbonyl (C=O) groups is 2. The number of rotatable bonds is 5. The lowest BCUT2D eigenvalue weighted by Crippen LogP contribution is -2.41. The lowest BCUT2D eigenvalue weighted by Gasteiger charge is -2.22. The third kappa shape index (κ3) is 4.33. The van der Waals surface area contributed by atoms with Crippen molar-refractivity contribution >= 4 is 35.1 Å². The number of benzene rings is 1. The second kappa shape index (κ2) is 8.33. The summed E-state index contributed by atoms with van der Waals surface area (Å²) in [7, 11) is 0. The molecule has 1 fully saturated rings. The number of nitrogens with zero attached hydrogens (tertiary/aromatic N) is 1. The van der Waals surface area contributed by atoms with Crippen LogP contribution in [0.5, 0.6) is 0 Å². The predicted octanol–water partition coefficient (Wildman–Crippen LogP) is 2.70. The first-order valence-electron chi connectivity index (χ1n) is 7.07. The Hall–Kier alpha value is -1.35. The predicted molar refractivity (Wildman–Crippen MR) is 87.3 cm³/mol. The van der Waals surface area contributed by atoms with Crippen molar-refractivity contribution in [2.45, 2.75) is 32.1 Å². The molecule has 1 amide bonds. The Balaban J connectivity index is 1.97. The van der Waals surface area contributed by atoms with Crippen molar-refractivity contribution in [3.8, 4) is 0 Å². The van der Waals surface area contributed by atoms with E-state index in [1.165, 1.54) is 4.90 Å². The maximum absolute atomic E-state index is 12.2. The lowest BCUT2D eigenvalue weighted by molar-refractivity contribution is -0.148. The van der Waals surface area contributed by atoms with E-state index in [2.05, 4.69) is 0 Å². The lowest BCUT2D eigenvalue weighted by atomic mass is 10.2. The minimum absolute atomic E-state index is 0.168. The van der Waals surface area contributed by atoms with Crippen LogP contribution in [-0.2, 0) is 23.9 Å². The van der Waals surface area contributed by atoms with Crippen LogP contribution in [0.3, 0.4) is 0 Å². The number of esters is 1. The van der Waals surface area contributed by atoms with Crippen LogP contribution in [0.4, 0.5) is 4.79 Å². The van der Waals surface area contributed by atoms with Crippen LogP contribution in [0.1, 0.15) is 18.9 Å². The Morgan fingerprint density at radius 2 is 2.00 bits per heavy atom. The fourth-order valence-corrected chi connectivity index (χ4v) is 2.70.